The fourth-order valence-corrected chi connectivity index (χ4v) is 4.71. The minimum Gasteiger partial charge on any atom is -0.497 e. The van der Waals surface area contributed by atoms with Gasteiger partial charge in [-0.05, 0) is 42.9 Å². The highest BCUT2D eigenvalue weighted by Gasteiger charge is 2.37. The fourth-order valence-electron chi connectivity index (χ4n) is 4.71. The third-order valence-corrected chi connectivity index (χ3v) is 6.88. The first kappa shape index (κ1) is 34.0. The Morgan fingerprint density at radius 3 is 2.14 bits per heavy atom. The fraction of sp³-hybridized carbons (Fsp3) is 0.571. The Labute approximate surface area is 245 Å². The van der Waals surface area contributed by atoms with Gasteiger partial charge in [0.05, 0.1) is 7.11 Å². The lowest BCUT2D eigenvalue weighted by Crippen LogP contribution is -2.61. The number of rotatable bonds is 13. The van der Waals surface area contributed by atoms with E-state index < -0.39 is 53.7 Å². The Bertz CT molecular complexity index is 1140. The number of carbonyl (C=O) groups is 6. The number of hydrogen-bond donors (Lipinski definition) is 5. The number of likely N-dealkylation sites (N-methyl/N-ethyl adjacent to an activating group) is 1. The van der Waals surface area contributed by atoms with Crippen molar-refractivity contribution in [3.05, 3.63) is 29.8 Å². The molecule has 2 rings (SSSR count). The quantitative estimate of drug-likeness (QED) is 0.114. The molecule has 1 aromatic carbocycles. The van der Waals surface area contributed by atoms with E-state index in [1.807, 2.05) is 13.8 Å². The molecule has 1 fully saturated rings. The van der Waals surface area contributed by atoms with Crippen molar-refractivity contribution in [1.82, 2.24) is 31.2 Å². The molecule has 1 aromatic rings. The molecule has 1 aliphatic rings. The molecule has 5 N–H and O–H groups in total. The lowest BCUT2D eigenvalue weighted by molar-refractivity contribution is -0.143. The Kier molecular flexibility index (Phi) is 12.7. The van der Waals surface area contributed by atoms with Gasteiger partial charge in [0.15, 0.2) is 6.04 Å². The standard InChI is InChI=1S/C28H42N6O8/c1-16(2)14-20(29-25(37)22-8-7-13-34(22)17(3)35)24(36)31-23(27(39)32-41)26(38)30-21(28(40)33(4)5)15-18-9-11-19(42-6)12-10-18/h9-12,16,20-23,41H,7-8,13-15H2,1-6H3,(H,29,37)(H,30,38)(H,31,36)(H,32,39)/t20-,21-,22-,23+/m0/s1. The molecule has 0 radical (unpaired) electrons. The van der Waals surface area contributed by atoms with Crippen molar-refractivity contribution in [3.63, 3.8) is 0 Å². The van der Waals surface area contributed by atoms with E-state index in [1.165, 1.54) is 43.4 Å². The summed E-state index contributed by atoms with van der Waals surface area (Å²) in [5, 5.41) is 16.8. The van der Waals surface area contributed by atoms with E-state index in [4.69, 9.17) is 4.74 Å². The molecule has 0 saturated carbocycles. The minimum absolute atomic E-state index is 0.0637. The number of hydrogen-bond acceptors (Lipinski definition) is 8. The molecule has 6 amide bonds. The van der Waals surface area contributed by atoms with Crippen LogP contribution in [0.25, 0.3) is 0 Å². The zero-order valence-electron chi connectivity index (χ0n) is 24.9. The summed E-state index contributed by atoms with van der Waals surface area (Å²) in [7, 11) is 4.53. The summed E-state index contributed by atoms with van der Waals surface area (Å²) in [4.78, 5) is 79.7. The molecule has 14 nitrogen and oxygen atoms in total. The smallest absolute Gasteiger partial charge is 0.275 e. The van der Waals surface area contributed by atoms with Gasteiger partial charge in [-0.1, -0.05) is 26.0 Å². The summed E-state index contributed by atoms with van der Waals surface area (Å²) < 4.78 is 5.15. The van der Waals surface area contributed by atoms with Crippen LogP contribution in [0.15, 0.2) is 24.3 Å². The number of nitrogens with zero attached hydrogens (tertiary/aromatic N) is 2. The molecule has 0 bridgehead atoms. The first-order chi connectivity index (χ1) is 19.8. The van der Waals surface area contributed by atoms with Gasteiger partial charge in [0.2, 0.25) is 23.6 Å². The van der Waals surface area contributed by atoms with E-state index in [-0.39, 0.29) is 24.7 Å². The van der Waals surface area contributed by atoms with E-state index in [1.54, 1.807) is 24.3 Å². The summed E-state index contributed by atoms with van der Waals surface area (Å²) in [5.41, 5.74) is 2.06. The zero-order valence-corrected chi connectivity index (χ0v) is 24.9. The number of methoxy groups -OCH3 is 1. The normalized spacial score (nSPS) is 16.6. The highest BCUT2D eigenvalue weighted by atomic mass is 16.5. The molecule has 0 unspecified atom stereocenters. The van der Waals surface area contributed by atoms with Crippen LogP contribution in [0, 0.1) is 5.92 Å². The number of amides is 6. The molecule has 1 heterocycles. The lowest BCUT2D eigenvalue weighted by atomic mass is 10.0. The summed E-state index contributed by atoms with van der Waals surface area (Å²) in [6.45, 7) is 5.44. The van der Waals surface area contributed by atoms with Gasteiger partial charge in [-0.2, -0.15) is 0 Å². The van der Waals surface area contributed by atoms with Crippen molar-refractivity contribution in [2.45, 2.75) is 70.6 Å². The van der Waals surface area contributed by atoms with Crippen LogP contribution in [0.4, 0.5) is 0 Å². The van der Waals surface area contributed by atoms with Crippen LogP contribution in [0.3, 0.4) is 0 Å². The minimum atomic E-state index is -1.93. The average Bonchev–Trinajstić information content (AvgIpc) is 3.45. The van der Waals surface area contributed by atoms with Crippen molar-refractivity contribution in [3.8, 4) is 5.75 Å². The van der Waals surface area contributed by atoms with E-state index in [2.05, 4.69) is 16.0 Å². The van der Waals surface area contributed by atoms with Gasteiger partial charge in [0, 0.05) is 34.0 Å². The maximum absolute atomic E-state index is 13.3. The number of likely N-dealkylation sites (tertiary alicyclic amines) is 1. The molecular formula is C28H42N6O8. The molecular weight excluding hydrogens is 548 g/mol. The maximum atomic E-state index is 13.3. The highest BCUT2D eigenvalue weighted by molar-refractivity contribution is 6.08. The second kappa shape index (κ2) is 15.7. The predicted molar refractivity (Wildman–Crippen MR) is 151 cm³/mol. The lowest BCUT2D eigenvalue weighted by Gasteiger charge is -2.28. The van der Waals surface area contributed by atoms with Crippen LogP contribution >= 0.6 is 0 Å². The monoisotopic (exact) mass is 590 g/mol. The first-order valence-corrected chi connectivity index (χ1v) is 13.7. The Balaban J connectivity index is 2.24. The number of hydroxylamine groups is 1. The number of nitrogens with one attached hydrogen (secondary N) is 4. The average molecular weight is 591 g/mol. The third-order valence-electron chi connectivity index (χ3n) is 6.88. The predicted octanol–water partition coefficient (Wildman–Crippen LogP) is -0.657. The van der Waals surface area contributed by atoms with Gasteiger partial charge < -0.3 is 30.5 Å². The summed E-state index contributed by atoms with van der Waals surface area (Å²) in [5.74, 6) is -3.85. The van der Waals surface area contributed by atoms with Crippen LogP contribution in [0.5, 0.6) is 5.75 Å². The van der Waals surface area contributed by atoms with Crippen LogP contribution < -0.4 is 26.2 Å². The number of ether oxygens (including phenoxy) is 1. The highest BCUT2D eigenvalue weighted by Crippen LogP contribution is 2.18. The van der Waals surface area contributed by atoms with Gasteiger partial charge in [-0.15, -0.1) is 0 Å². The molecule has 0 aliphatic carbocycles. The van der Waals surface area contributed by atoms with Gasteiger partial charge in [0.25, 0.3) is 11.8 Å². The molecule has 42 heavy (non-hydrogen) atoms. The van der Waals surface area contributed by atoms with Crippen LogP contribution in [0.1, 0.15) is 45.6 Å². The van der Waals surface area contributed by atoms with Crippen LogP contribution in [-0.2, 0) is 35.2 Å². The molecule has 232 valence electrons. The SMILES string of the molecule is COc1ccc(C[C@H](NC(=O)[C@@H](NC(=O)[C@H](CC(C)C)NC(=O)[C@@H]2CCCN2C(C)=O)C(=O)NO)C(=O)N(C)C)cc1. The maximum Gasteiger partial charge on any atom is 0.275 e. The van der Waals surface area contributed by atoms with Crippen molar-refractivity contribution < 1.29 is 38.7 Å². The van der Waals surface area contributed by atoms with Crippen molar-refractivity contribution in [2.75, 3.05) is 27.7 Å². The molecule has 1 saturated heterocycles. The topological polar surface area (TPSA) is 186 Å². The van der Waals surface area contributed by atoms with Gasteiger partial charge >= 0.3 is 0 Å². The summed E-state index contributed by atoms with van der Waals surface area (Å²) in [6.07, 6.45) is 1.31. The van der Waals surface area contributed by atoms with Crippen LogP contribution in [-0.4, -0.2) is 102 Å². The second-order valence-corrected chi connectivity index (χ2v) is 10.8. The molecule has 1 aliphatic heterocycles. The van der Waals surface area contributed by atoms with E-state index >= 15 is 0 Å². The zero-order chi connectivity index (χ0) is 31.6. The Hall–Kier alpha value is -4.20. The Morgan fingerprint density at radius 2 is 1.62 bits per heavy atom. The van der Waals surface area contributed by atoms with E-state index in [0.717, 1.165) is 0 Å². The molecule has 0 spiro atoms. The second-order valence-electron chi connectivity index (χ2n) is 10.8. The van der Waals surface area contributed by atoms with Crippen LogP contribution in [0.2, 0.25) is 0 Å². The molecule has 14 heteroatoms. The summed E-state index contributed by atoms with van der Waals surface area (Å²) in [6, 6.07) is 1.91. The molecule has 4 atom stereocenters. The van der Waals surface area contributed by atoms with Crippen molar-refractivity contribution >= 4 is 35.4 Å². The van der Waals surface area contributed by atoms with E-state index in [0.29, 0.717) is 30.7 Å². The van der Waals surface area contributed by atoms with Gasteiger partial charge in [-0.25, -0.2) is 5.48 Å². The Morgan fingerprint density at radius 1 is 0.976 bits per heavy atom. The number of benzene rings is 1. The van der Waals surface area contributed by atoms with Gasteiger partial charge in [-0.3, -0.25) is 34.0 Å². The van der Waals surface area contributed by atoms with E-state index in [9.17, 15) is 34.0 Å². The van der Waals surface area contributed by atoms with Crippen molar-refractivity contribution in [1.29, 1.82) is 0 Å². The number of carbonyl (C=O) groups excluding carboxylic acids is 6. The van der Waals surface area contributed by atoms with Crippen molar-refractivity contribution in [2.24, 2.45) is 5.92 Å². The van der Waals surface area contributed by atoms with Gasteiger partial charge in [0.1, 0.15) is 23.9 Å². The summed E-state index contributed by atoms with van der Waals surface area (Å²) >= 11 is 0. The first-order valence-electron chi connectivity index (χ1n) is 13.7. The largest absolute Gasteiger partial charge is 0.497 e. The third kappa shape index (κ3) is 9.43. The molecule has 0 aromatic heterocycles.